The molecular formula is C28H32N2O5. The van der Waals surface area contributed by atoms with E-state index in [9.17, 15) is 9.59 Å². The Labute approximate surface area is 205 Å². The first-order valence-corrected chi connectivity index (χ1v) is 12.3. The van der Waals surface area contributed by atoms with E-state index in [-0.39, 0.29) is 17.1 Å². The van der Waals surface area contributed by atoms with Gasteiger partial charge in [-0.1, -0.05) is 38.1 Å². The van der Waals surface area contributed by atoms with Gasteiger partial charge in [-0.25, -0.2) is 0 Å². The van der Waals surface area contributed by atoms with Crippen molar-refractivity contribution in [2.24, 2.45) is 0 Å². The molecule has 2 aliphatic heterocycles. The number of rotatable bonds is 7. The summed E-state index contributed by atoms with van der Waals surface area (Å²) in [5.74, 6) is 0.881. The van der Waals surface area contributed by atoms with Gasteiger partial charge in [0.1, 0.15) is 11.3 Å². The topological polar surface area (TPSA) is 72.2 Å². The largest absolute Gasteiger partial charge is 0.497 e. The minimum absolute atomic E-state index is 0.139. The molecule has 35 heavy (non-hydrogen) atoms. The second kappa shape index (κ2) is 9.84. The predicted octanol–water partition coefficient (Wildman–Crippen LogP) is 4.19. The van der Waals surface area contributed by atoms with Crippen LogP contribution in [0.4, 0.5) is 0 Å². The maximum absolute atomic E-state index is 13.7. The van der Waals surface area contributed by atoms with Crippen molar-refractivity contribution in [3.63, 3.8) is 0 Å². The SMILES string of the molecule is COc1ccc2c(=O)c3c(oc2c1)C(=O)N(CCCN1CCOCC1)C3c1ccc(C(C)C)cc1. The van der Waals surface area contributed by atoms with Gasteiger partial charge in [0.25, 0.3) is 5.91 Å². The van der Waals surface area contributed by atoms with Crippen LogP contribution in [0.15, 0.2) is 51.7 Å². The molecule has 1 unspecified atom stereocenters. The van der Waals surface area contributed by atoms with Gasteiger partial charge in [-0.2, -0.15) is 0 Å². The molecule has 5 rings (SSSR count). The van der Waals surface area contributed by atoms with Crippen LogP contribution in [0.2, 0.25) is 0 Å². The minimum atomic E-state index is -0.467. The third kappa shape index (κ3) is 4.46. The molecule has 0 N–H and O–H groups in total. The van der Waals surface area contributed by atoms with Gasteiger partial charge in [-0.3, -0.25) is 14.5 Å². The number of methoxy groups -OCH3 is 1. The Hall–Kier alpha value is -3.16. The van der Waals surface area contributed by atoms with Gasteiger partial charge >= 0.3 is 0 Å². The highest BCUT2D eigenvalue weighted by Gasteiger charge is 2.42. The van der Waals surface area contributed by atoms with Crippen molar-refractivity contribution in [3.8, 4) is 5.75 Å². The lowest BCUT2D eigenvalue weighted by atomic mass is 9.95. The number of morpholine rings is 1. The summed E-state index contributed by atoms with van der Waals surface area (Å²) >= 11 is 0. The van der Waals surface area contributed by atoms with Gasteiger partial charge in [0.2, 0.25) is 5.76 Å². The molecule has 0 radical (unpaired) electrons. The summed E-state index contributed by atoms with van der Waals surface area (Å²) in [6.07, 6.45) is 0.807. The van der Waals surface area contributed by atoms with Crippen LogP contribution in [0.1, 0.15) is 59.5 Å². The van der Waals surface area contributed by atoms with Crippen molar-refractivity contribution < 1.29 is 18.7 Å². The highest BCUT2D eigenvalue weighted by atomic mass is 16.5. The van der Waals surface area contributed by atoms with Crippen molar-refractivity contribution in [1.29, 1.82) is 0 Å². The van der Waals surface area contributed by atoms with Crippen molar-refractivity contribution in [1.82, 2.24) is 9.80 Å². The molecule has 1 fully saturated rings. The molecule has 7 heteroatoms. The van der Waals surface area contributed by atoms with Crippen molar-refractivity contribution in [3.05, 3.63) is 75.1 Å². The summed E-state index contributed by atoms with van der Waals surface area (Å²) in [6.45, 7) is 9.01. The molecule has 184 valence electrons. The second-order valence-electron chi connectivity index (χ2n) is 9.57. The number of ether oxygens (including phenoxy) is 2. The number of carbonyl (C=O) groups excluding carboxylic acids is 1. The van der Waals surface area contributed by atoms with Crippen LogP contribution in [0.25, 0.3) is 11.0 Å². The summed E-state index contributed by atoms with van der Waals surface area (Å²) < 4.78 is 16.8. The third-order valence-electron chi connectivity index (χ3n) is 7.07. The molecule has 1 aromatic heterocycles. The fourth-order valence-corrected chi connectivity index (χ4v) is 5.06. The van der Waals surface area contributed by atoms with E-state index in [1.165, 1.54) is 5.56 Å². The summed E-state index contributed by atoms with van der Waals surface area (Å²) in [7, 11) is 1.56. The first-order chi connectivity index (χ1) is 17.0. The van der Waals surface area contributed by atoms with Crippen LogP contribution in [-0.4, -0.2) is 62.2 Å². The number of hydrogen-bond acceptors (Lipinski definition) is 6. The summed E-state index contributed by atoms with van der Waals surface area (Å²) in [5.41, 5.74) is 2.77. The zero-order valence-electron chi connectivity index (χ0n) is 20.6. The number of nitrogens with zero attached hydrogens (tertiary/aromatic N) is 2. The van der Waals surface area contributed by atoms with Gasteiger partial charge in [0, 0.05) is 32.2 Å². The molecule has 7 nitrogen and oxygen atoms in total. The minimum Gasteiger partial charge on any atom is -0.497 e. The van der Waals surface area contributed by atoms with Crippen LogP contribution in [0.3, 0.4) is 0 Å². The smallest absolute Gasteiger partial charge is 0.290 e. The molecule has 0 spiro atoms. The lowest BCUT2D eigenvalue weighted by molar-refractivity contribution is 0.0353. The van der Waals surface area contributed by atoms with Gasteiger partial charge < -0.3 is 18.8 Å². The Morgan fingerprint density at radius 1 is 1.03 bits per heavy atom. The monoisotopic (exact) mass is 476 g/mol. The molecular weight excluding hydrogens is 444 g/mol. The number of amides is 1. The van der Waals surface area contributed by atoms with Crippen LogP contribution in [-0.2, 0) is 4.74 Å². The molecule has 2 aliphatic rings. The number of hydrogen-bond donors (Lipinski definition) is 0. The summed E-state index contributed by atoms with van der Waals surface area (Å²) in [6, 6.07) is 12.9. The lowest BCUT2D eigenvalue weighted by Gasteiger charge is -2.29. The maximum atomic E-state index is 13.7. The molecule has 2 aromatic carbocycles. The lowest BCUT2D eigenvalue weighted by Crippen LogP contribution is -2.38. The first-order valence-electron chi connectivity index (χ1n) is 12.3. The standard InChI is InChI=1S/C28H32N2O5/c1-18(2)19-5-7-20(8-6-19)25-24-26(31)22-10-9-21(33-3)17-23(22)35-27(24)28(32)30(25)12-4-11-29-13-15-34-16-14-29/h5-10,17-18,25H,4,11-16H2,1-3H3. The Morgan fingerprint density at radius 2 is 1.77 bits per heavy atom. The second-order valence-corrected chi connectivity index (χ2v) is 9.57. The molecule has 0 aliphatic carbocycles. The van der Waals surface area contributed by atoms with Gasteiger partial charge in [0.05, 0.1) is 37.3 Å². The van der Waals surface area contributed by atoms with E-state index in [4.69, 9.17) is 13.9 Å². The maximum Gasteiger partial charge on any atom is 0.290 e. The molecule has 0 saturated carbocycles. The Morgan fingerprint density at radius 3 is 2.46 bits per heavy atom. The molecule has 3 aromatic rings. The zero-order valence-corrected chi connectivity index (χ0v) is 20.6. The third-order valence-corrected chi connectivity index (χ3v) is 7.07. The number of fused-ring (bicyclic) bond motifs is 2. The fraction of sp³-hybridized carbons (Fsp3) is 0.429. The first kappa shape index (κ1) is 23.6. The summed E-state index contributed by atoms with van der Waals surface area (Å²) in [5, 5.41) is 0.455. The highest BCUT2D eigenvalue weighted by Crippen LogP contribution is 2.39. The van der Waals surface area contributed by atoms with Crippen molar-refractivity contribution in [2.75, 3.05) is 46.5 Å². The Kier molecular flexibility index (Phi) is 6.62. The average molecular weight is 477 g/mol. The van der Waals surface area contributed by atoms with Crippen LogP contribution in [0, 0.1) is 0 Å². The van der Waals surface area contributed by atoms with Crippen molar-refractivity contribution >= 4 is 16.9 Å². The van der Waals surface area contributed by atoms with Crippen LogP contribution < -0.4 is 10.2 Å². The molecule has 3 heterocycles. The van der Waals surface area contributed by atoms with Gasteiger partial charge in [-0.15, -0.1) is 0 Å². The van der Waals surface area contributed by atoms with Gasteiger partial charge in [-0.05, 0) is 35.6 Å². The van der Waals surface area contributed by atoms with E-state index >= 15 is 0 Å². The van der Waals surface area contributed by atoms with Crippen LogP contribution >= 0.6 is 0 Å². The highest BCUT2D eigenvalue weighted by molar-refractivity contribution is 5.99. The number of carbonyl (C=O) groups is 1. The predicted molar refractivity (Wildman–Crippen MR) is 134 cm³/mol. The van der Waals surface area contributed by atoms with E-state index in [0.29, 0.717) is 34.7 Å². The molecule has 1 atom stereocenters. The molecule has 0 bridgehead atoms. The van der Waals surface area contributed by atoms with Gasteiger partial charge in [0.15, 0.2) is 5.43 Å². The van der Waals surface area contributed by atoms with E-state index in [1.807, 2.05) is 12.1 Å². The average Bonchev–Trinajstić information content (AvgIpc) is 3.16. The van der Waals surface area contributed by atoms with E-state index in [0.717, 1.165) is 44.8 Å². The fourth-order valence-electron chi connectivity index (χ4n) is 5.06. The van der Waals surface area contributed by atoms with E-state index in [2.05, 4.69) is 30.9 Å². The van der Waals surface area contributed by atoms with Crippen molar-refractivity contribution in [2.45, 2.75) is 32.2 Å². The van der Waals surface area contributed by atoms with Crippen LogP contribution in [0.5, 0.6) is 5.75 Å². The Bertz CT molecular complexity index is 1270. The zero-order chi connectivity index (χ0) is 24.5. The molecule has 1 saturated heterocycles. The van der Waals surface area contributed by atoms with E-state index in [1.54, 1.807) is 30.2 Å². The Balaban J connectivity index is 1.53. The van der Waals surface area contributed by atoms with E-state index < -0.39 is 6.04 Å². The summed E-state index contributed by atoms with van der Waals surface area (Å²) in [4.78, 5) is 31.5. The molecule has 1 amide bonds. The number of benzene rings is 2. The normalized spacial score (nSPS) is 18.5. The quantitative estimate of drug-likeness (QED) is 0.509.